The van der Waals surface area contributed by atoms with Crippen LogP contribution >= 0.6 is 23.2 Å². The van der Waals surface area contributed by atoms with Crippen LogP contribution in [0.1, 0.15) is 26.3 Å². The van der Waals surface area contributed by atoms with Gasteiger partial charge in [-0.15, -0.1) is 0 Å². The monoisotopic (exact) mass is 276 g/mol. The molecule has 0 radical (unpaired) electrons. The van der Waals surface area contributed by atoms with Gasteiger partial charge in [0.2, 0.25) is 0 Å². The predicted octanol–water partition coefficient (Wildman–Crippen LogP) is 3.30. The average Bonchev–Trinajstić information content (AvgIpc) is 2.21. The number of hydrogen-bond acceptors (Lipinski definition) is 2. The molecule has 1 rings (SSSR count). The normalized spacial score (nSPS) is 15.7. The van der Waals surface area contributed by atoms with Gasteiger partial charge in [0.1, 0.15) is 0 Å². The number of hydrogen-bond donors (Lipinski definition) is 2. The van der Waals surface area contributed by atoms with E-state index in [1.807, 2.05) is 20.8 Å². The van der Waals surface area contributed by atoms with Crippen LogP contribution in [0.2, 0.25) is 10.0 Å². The summed E-state index contributed by atoms with van der Waals surface area (Å²) in [7, 11) is 0. The molecule has 2 N–H and O–H groups in total. The maximum atomic E-state index is 9.99. The Kier molecular flexibility index (Phi) is 4.85. The smallest absolute Gasteiger partial charge is 0.0850 e. The van der Waals surface area contributed by atoms with E-state index in [1.54, 1.807) is 18.2 Å². The molecule has 2 unspecified atom stereocenters. The van der Waals surface area contributed by atoms with Gasteiger partial charge in [0.15, 0.2) is 0 Å². The topological polar surface area (TPSA) is 40.5 Å². The number of aliphatic hydroxyl groups is 2. The van der Waals surface area contributed by atoms with Gasteiger partial charge in [-0.2, -0.15) is 0 Å². The van der Waals surface area contributed by atoms with E-state index in [9.17, 15) is 10.2 Å². The molecule has 2 atom stereocenters. The van der Waals surface area contributed by atoms with Crippen molar-refractivity contribution in [2.75, 3.05) is 0 Å². The molecule has 0 saturated carbocycles. The Morgan fingerprint density at radius 2 is 1.59 bits per heavy atom. The Hall–Kier alpha value is -0.280. The van der Waals surface area contributed by atoms with Gasteiger partial charge in [-0.3, -0.25) is 0 Å². The number of rotatable bonds is 3. The minimum absolute atomic E-state index is 0.247. The molecule has 0 aliphatic carbocycles. The fourth-order valence-electron chi connectivity index (χ4n) is 1.63. The maximum Gasteiger partial charge on any atom is 0.0850 e. The highest BCUT2D eigenvalue weighted by molar-refractivity contribution is 6.35. The zero-order chi connectivity index (χ0) is 13.2. The standard InChI is InChI=1S/C13H18Cl2O2/c1-13(2,3)12(17)11(16)7-8-9(14)5-4-6-10(8)15/h4-6,11-12,16-17H,7H2,1-3H3. The third-order valence-electron chi connectivity index (χ3n) is 2.73. The minimum Gasteiger partial charge on any atom is -0.390 e. The highest BCUT2D eigenvalue weighted by Crippen LogP contribution is 2.29. The summed E-state index contributed by atoms with van der Waals surface area (Å²) in [6.07, 6.45) is -1.46. The zero-order valence-corrected chi connectivity index (χ0v) is 11.8. The Balaban J connectivity index is 2.85. The quantitative estimate of drug-likeness (QED) is 0.890. The summed E-state index contributed by atoms with van der Waals surface area (Å²) in [5.74, 6) is 0. The van der Waals surface area contributed by atoms with E-state index >= 15 is 0 Å². The van der Waals surface area contributed by atoms with Crippen LogP contribution in [0.3, 0.4) is 0 Å². The van der Waals surface area contributed by atoms with E-state index in [2.05, 4.69) is 0 Å². The minimum atomic E-state index is -0.882. The first-order valence-electron chi connectivity index (χ1n) is 5.52. The summed E-state index contributed by atoms with van der Waals surface area (Å²) in [4.78, 5) is 0. The van der Waals surface area contributed by atoms with Crippen molar-refractivity contribution in [3.8, 4) is 0 Å². The van der Waals surface area contributed by atoms with Crippen LogP contribution in [0.5, 0.6) is 0 Å². The maximum absolute atomic E-state index is 9.99. The first kappa shape index (κ1) is 14.8. The lowest BCUT2D eigenvalue weighted by molar-refractivity contribution is -0.0433. The molecule has 2 nitrogen and oxygen atoms in total. The van der Waals surface area contributed by atoms with Gasteiger partial charge in [-0.05, 0) is 23.1 Å². The fourth-order valence-corrected chi connectivity index (χ4v) is 2.18. The molecule has 1 aromatic rings. The summed E-state index contributed by atoms with van der Waals surface area (Å²) < 4.78 is 0. The molecule has 0 saturated heterocycles. The molecule has 1 aromatic carbocycles. The van der Waals surface area contributed by atoms with Crippen LogP contribution < -0.4 is 0 Å². The highest BCUT2D eigenvalue weighted by Gasteiger charge is 2.29. The number of halogens is 2. The van der Waals surface area contributed by atoms with Gasteiger partial charge in [-0.25, -0.2) is 0 Å². The summed E-state index contributed by atoms with van der Waals surface area (Å²) in [6.45, 7) is 5.61. The predicted molar refractivity (Wildman–Crippen MR) is 71.6 cm³/mol. The average molecular weight is 277 g/mol. The lowest BCUT2D eigenvalue weighted by atomic mass is 9.84. The SMILES string of the molecule is CC(C)(C)C(O)C(O)Cc1c(Cl)cccc1Cl. The molecule has 0 fully saturated rings. The van der Waals surface area contributed by atoms with Crippen LogP contribution in [-0.4, -0.2) is 22.4 Å². The molecule has 0 aliphatic rings. The van der Waals surface area contributed by atoms with Crippen LogP contribution in [0.4, 0.5) is 0 Å². The first-order valence-corrected chi connectivity index (χ1v) is 6.28. The van der Waals surface area contributed by atoms with Gasteiger partial charge in [0.25, 0.3) is 0 Å². The van der Waals surface area contributed by atoms with Crippen molar-refractivity contribution in [2.45, 2.75) is 39.4 Å². The lowest BCUT2D eigenvalue weighted by Gasteiger charge is -2.30. The van der Waals surface area contributed by atoms with Crippen LogP contribution in [0.15, 0.2) is 18.2 Å². The Morgan fingerprint density at radius 1 is 1.12 bits per heavy atom. The van der Waals surface area contributed by atoms with Crippen LogP contribution in [-0.2, 0) is 6.42 Å². The van der Waals surface area contributed by atoms with Crippen molar-refractivity contribution in [3.05, 3.63) is 33.8 Å². The third-order valence-corrected chi connectivity index (χ3v) is 3.43. The van der Waals surface area contributed by atoms with Crippen molar-refractivity contribution in [2.24, 2.45) is 5.41 Å². The van der Waals surface area contributed by atoms with Crippen molar-refractivity contribution < 1.29 is 10.2 Å². The first-order chi connectivity index (χ1) is 7.73. The molecule has 0 amide bonds. The molecule has 0 aliphatic heterocycles. The van der Waals surface area contributed by atoms with Crippen LogP contribution in [0, 0.1) is 5.41 Å². The van der Waals surface area contributed by atoms with Gasteiger partial charge < -0.3 is 10.2 Å². The highest BCUT2D eigenvalue weighted by atomic mass is 35.5. The Labute approximate surface area is 112 Å². The van der Waals surface area contributed by atoms with Crippen LogP contribution in [0.25, 0.3) is 0 Å². The molecular weight excluding hydrogens is 259 g/mol. The van der Waals surface area contributed by atoms with Crippen molar-refractivity contribution >= 4 is 23.2 Å². The van der Waals surface area contributed by atoms with E-state index in [4.69, 9.17) is 23.2 Å². The number of benzene rings is 1. The van der Waals surface area contributed by atoms with E-state index < -0.39 is 12.2 Å². The van der Waals surface area contributed by atoms with Crippen molar-refractivity contribution in [1.29, 1.82) is 0 Å². The molecule has 4 heteroatoms. The largest absolute Gasteiger partial charge is 0.390 e. The lowest BCUT2D eigenvalue weighted by Crippen LogP contribution is -2.39. The molecule has 0 heterocycles. The van der Waals surface area contributed by atoms with E-state index in [0.717, 1.165) is 0 Å². The summed E-state index contributed by atoms with van der Waals surface area (Å²) in [5, 5.41) is 21.0. The molecular formula is C13H18Cl2O2. The summed E-state index contributed by atoms with van der Waals surface area (Å²) in [6, 6.07) is 5.19. The van der Waals surface area contributed by atoms with Crippen molar-refractivity contribution in [1.82, 2.24) is 0 Å². The van der Waals surface area contributed by atoms with Gasteiger partial charge in [0, 0.05) is 16.5 Å². The second-order valence-electron chi connectivity index (χ2n) is 5.28. The van der Waals surface area contributed by atoms with E-state index in [0.29, 0.717) is 15.6 Å². The fraction of sp³-hybridized carbons (Fsp3) is 0.538. The van der Waals surface area contributed by atoms with Gasteiger partial charge >= 0.3 is 0 Å². The second-order valence-corrected chi connectivity index (χ2v) is 6.10. The molecule has 17 heavy (non-hydrogen) atoms. The number of aliphatic hydroxyl groups excluding tert-OH is 2. The van der Waals surface area contributed by atoms with Gasteiger partial charge in [0.05, 0.1) is 12.2 Å². The van der Waals surface area contributed by atoms with Crippen molar-refractivity contribution in [3.63, 3.8) is 0 Å². The molecule has 0 aromatic heterocycles. The molecule has 0 bridgehead atoms. The van der Waals surface area contributed by atoms with Gasteiger partial charge in [-0.1, -0.05) is 50.0 Å². The van der Waals surface area contributed by atoms with E-state index in [1.165, 1.54) is 0 Å². The summed E-state index contributed by atoms with van der Waals surface area (Å²) >= 11 is 12.0. The van der Waals surface area contributed by atoms with E-state index in [-0.39, 0.29) is 11.8 Å². The third kappa shape index (κ3) is 3.85. The Bertz CT molecular complexity index is 365. The second kappa shape index (κ2) is 5.57. The molecule has 96 valence electrons. The summed E-state index contributed by atoms with van der Waals surface area (Å²) in [5.41, 5.74) is 0.291. The Morgan fingerprint density at radius 3 is 2.00 bits per heavy atom. The zero-order valence-electron chi connectivity index (χ0n) is 10.2. The molecule has 0 spiro atoms.